The van der Waals surface area contributed by atoms with Crippen molar-refractivity contribution in [1.29, 1.82) is 0 Å². The average molecular weight is 453 g/mol. The number of ether oxygens (including phenoxy) is 1. The zero-order valence-electron chi connectivity index (χ0n) is 19.4. The molecule has 1 amide bonds. The molecule has 1 heterocycles. The van der Waals surface area contributed by atoms with Gasteiger partial charge in [0.15, 0.2) is 0 Å². The Labute approximate surface area is 200 Å². The third-order valence-corrected chi connectivity index (χ3v) is 6.78. The zero-order valence-corrected chi connectivity index (χ0v) is 19.4. The number of rotatable bonds is 4. The predicted molar refractivity (Wildman–Crippen MR) is 134 cm³/mol. The second-order valence-electron chi connectivity index (χ2n) is 8.76. The highest BCUT2D eigenvalue weighted by molar-refractivity contribution is 6.01. The maximum atomic E-state index is 13.8. The lowest BCUT2D eigenvalue weighted by Gasteiger charge is -2.37. The molecule has 3 aromatic rings. The highest BCUT2D eigenvalue weighted by atomic mass is 16.5. The van der Waals surface area contributed by atoms with Gasteiger partial charge in [-0.1, -0.05) is 67.6 Å². The van der Waals surface area contributed by atoms with Crippen molar-refractivity contribution in [1.82, 2.24) is 0 Å². The molecule has 5 rings (SSSR count). The van der Waals surface area contributed by atoms with Crippen molar-refractivity contribution >= 4 is 23.1 Å². The predicted octanol–water partition coefficient (Wildman–Crippen LogP) is 5.86. The number of fused-ring (bicyclic) bond motifs is 2. The Bertz CT molecular complexity index is 1230. The van der Waals surface area contributed by atoms with E-state index in [0.717, 1.165) is 33.9 Å². The summed E-state index contributed by atoms with van der Waals surface area (Å²) in [6, 6.07) is 25.2. The van der Waals surface area contributed by atoms with Gasteiger partial charge in [0, 0.05) is 24.5 Å². The number of anilines is 2. The molecule has 34 heavy (non-hydrogen) atoms. The number of nitrogens with zero attached hydrogens (tertiary/aromatic N) is 1. The number of hydrogen-bond acceptors (Lipinski definition) is 4. The molecule has 0 saturated carbocycles. The van der Waals surface area contributed by atoms with Crippen LogP contribution in [0, 0.1) is 5.92 Å². The molecule has 0 bridgehead atoms. The lowest BCUT2D eigenvalue weighted by Crippen LogP contribution is -2.42. The van der Waals surface area contributed by atoms with Crippen LogP contribution in [-0.4, -0.2) is 18.8 Å². The van der Waals surface area contributed by atoms with E-state index in [9.17, 15) is 9.59 Å². The zero-order chi connectivity index (χ0) is 23.7. The number of hydrogen-bond donors (Lipinski definition) is 1. The topological polar surface area (TPSA) is 58.6 Å². The maximum absolute atomic E-state index is 13.8. The van der Waals surface area contributed by atoms with E-state index in [1.54, 1.807) is 7.11 Å². The molecule has 0 spiro atoms. The molecule has 172 valence electrons. The largest absolute Gasteiger partial charge is 0.497 e. The first-order valence-electron chi connectivity index (χ1n) is 11.7. The van der Waals surface area contributed by atoms with Crippen molar-refractivity contribution < 1.29 is 14.3 Å². The summed E-state index contributed by atoms with van der Waals surface area (Å²) in [5, 5.41) is 3.54. The standard InChI is InChI=1S/C29H28N2O3/c1-3-27(33)31-25-12-8-7-11-23(25)30-24-17-21(19-13-15-22(34-2)16-14-19)18-26(32)28(24)29(31)20-9-5-4-6-10-20/h4-17,21,28-30H,3,18H2,1-2H3/t21-,28+,29-/m1/s1. The van der Waals surface area contributed by atoms with Crippen molar-refractivity contribution in [3.8, 4) is 5.75 Å². The van der Waals surface area contributed by atoms with Crippen LogP contribution in [0.25, 0.3) is 0 Å². The molecule has 0 aromatic heterocycles. The maximum Gasteiger partial charge on any atom is 0.227 e. The van der Waals surface area contributed by atoms with Gasteiger partial charge in [0.2, 0.25) is 5.91 Å². The monoisotopic (exact) mass is 452 g/mol. The number of para-hydroxylation sites is 2. The van der Waals surface area contributed by atoms with Gasteiger partial charge >= 0.3 is 0 Å². The minimum absolute atomic E-state index is 0.00516. The Hall–Kier alpha value is -3.86. The van der Waals surface area contributed by atoms with E-state index in [1.807, 2.05) is 90.7 Å². The smallest absolute Gasteiger partial charge is 0.227 e. The van der Waals surface area contributed by atoms with Crippen molar-refractivity contribution in [2.24, 2.45) is 5.92 Å². The highest BCUT2D eigenvalue weighted by Gasteiger charge is 2.44. The van der Waals surface area contributed by atoms with E-state index < -0.39 is 12.0 Å². The Balaban J connectivity index is 1.67. The molecule has 3 atom stereocenters. The van der Waals surface area contributed by atoms with Crippen LogP contribution in [-0.2, 0) is 9.59 Å². The summed E-state index contributed by atoms with van der Waals surface area (Å²) in [7, 11) is 1.64. The van der Waals surface area contributed by atoms with Crippen LogP contribution >= 0.6 is 0 Å². The molecular formula is C29H28N2O3. The van der Waals surface area contributed by atoms with E-state index >= 15 is 0 Å². The Morgan fingerprint density at radius 2 is 1.68 bits per heavy atom. The first-order valence-corrected chi connectivity index (χ1v) is 11.7. The van der Waals surface area contributed by atoms with Crippen LogP contribution in [0.1, 0.15) is 42.9 Å². The number of nitrogens with one attached hydrogen (secondary N) is 1. The fraction of sp³-hybridized carbons (Fsp3) is 0.241. The van der Waals surface area contributed by atoms with Gasteiger partial charge in [0.25, 0.3) is 0 Å². The summed E-state index contributed by atoms with van der Waals surface area (Å²) in [6.07, 6.45) is 2.91. The average Bonchev–Trinajstić information content (AvgIpc) is 3.03. The summed E-state index contributed by atoms with van der Waals surface area (Å²) in [4.78, 5) is 29.0. The van der Waals surface area contributed by atoms with Crippen molar-refractivity contribution in [3.05, 3.63) is 102 Å². The number of methoxy groups -OCH3 is 1. The summed E-state index contributed by atoms with van der Waals surface area (Å²) in [5.74, 6) is 0.389. The van der Waals surface area contributed by atoms with E-state index in [2.05, 4.69) is 11.4 Å². The van der Waals surface area contributed by atoms with E-state index in [1.165, 1.54) is 0 Å². The second-order valence-corrected chi connectivity index (χ2v) is 8.76. The van der Waals surface area contributed by atoms with Gasteiger partial charge in [0.05, 0.1) is 30.4 Å². The number of Topliss-reactive ketones (excluding diaryl/α,β-unsaturated/α-hetero) is 1. The van der Waals surface area contributed by atoms with Gasteiger partial charge in [0.1, 0.15) is 11.5 Å². The molecule has 1 N–H and O–H groups in total. The molecule has 0 radical (unpaired) electrons. The molecule has 2 aliphatic rings. The van der Waals surface area contributed by atoms with Crippen LogP contribution in [0.15, 0.2) is 90.6 Å². The van der Waals surface area contributed by atoms with E-state index in [4.69, 9.17) is 4.74 Å². The van der Waals surface area contributed by atoms with Gasteiger partial charge in [-0.2, -0.15) is 0 Å². The lowest BCUT2D eigenvalue weighted by atomic mass is 9.76. The molecule has 0 unspecified atom stereocenters. The van der Waals surface area contributed by atoms with E-state index in [0.29, 0.717) is 12.8 Å². The molecule has 1 aliphatic carbocycles. The van der Waals surface area contributed by atoms with Crippen LogP contribution in [0.4, 0.5) is 11.4 Å². The molecule has 0 fully saturated rings. The minimum Gasteiger partial charge on any atom is -0.497 e. The normalized spacial score (nSPS) is 21.5. The van der Waals surface area contributed by atoms with Crippen LogP contribution in [0.3, 0.4) is 0 Å². The molecule has 3 aromatic carbocycles. The Kier molecular flexibility index (Phi) is 5.93. The SMILES string of the molecule is CCC(=O)N1c2ccccc2NC2=C[C@@H](c3ccc(OC)cc3)CC(=O)[C@H]2[C@H]1c1ccccc1. The van der Waals surface area contributed by atoms with Crippen LogP contribution < -0.4 is 15.0 Å². The van der Waals surface area contributed by atoms with Crippen molar-refractivity contribution in [2.75, 3.05) is 17.3 Å². The third-order valence-electron chi connectivity index (χ3n) is 6.78. The first-order chi connectivity index (χ1) is 16.6. The molecule has 1 aliphatic heterocycles. The molecule has 5 nitrogen and oxygen atoms in total. The molecule has 5 heteroatoms. The Morgan fingerprint density at radius 1 is 0.971 bits per heavy atom. The van der Waals surface area contributed by atoms with Gasteiger partial charge in [-0.05, 0) is 35.4 Å². The van der Waals surface area contributed by atoms with Crippen molar-refractivity contribution in [3.63, 3.8) is 0 Å². The van der Waals surface area contributed by atoms with Gasteiger partial charge in [-0.15, -0.1) is 0 Å². The van der Waals surface area contributed by atoms with Gasteiger partial charge in [-0.25, -0.2) is 0 Å². The minimum atomic E-state index is -0.472. The Morgan fingerprint density at radius 3 is 2.38 bits per heavy atom. The number of allylic oxidation sites excluding steroid dienone is 1. The quantitative estimate of drug-likeness (QED) is 0.539. The summed E-state index contributed by atoms with van der Waals surface area (Å²) < 4.78 is 5.29. The number of amides is 1. The van der Waals surface area contributed by atoms with Gasteiger partial charge < -0.3 is 15.0 Å². The van der Waals surface area contributed by atoms with E-state index in [-0.39, 0.29) is 17.6 Å². The fourth-order valence-corrected chi connectivity index (χ4v) is 5.12. The highest BCUT2D eigenvalue weighted by Crippen LogP contribution is 2.48. The number of carbonyl (C=O) groups excluding carboxylic acids is 2. The molecular weight excluding hydrogens is 424 g/mol. The molecule has 0 saturated heterocycles. The van der Waals surface area contributed by atoms with Crippen LogP contribution in [0.5, 0.6) is 5.75 Å². The third kappa shape index (κ3) is 3.87. The van der Waals surface area contributed by atoms with Crippen LogP contribution in [0.2, 0.25) is 0 Å². The lowest BCUT2D eigenvalue weighted by molar-refractivity contribution is -0.123. The number of ketones is 1. The fourth-order valence-electron chi connectivity index (χ4n) is 5.12. The summed E-state index contributed by atoms with van der Waals surface area (Å²) in [6.45, 7) is 1.87. The number of benzene rings is 3. The summed E-state index contributed by atoms with van der Waals surface area (Å²) in [5.41, 5.74) is 4.51. The van der Waals surface area contributed by atoms with Crippen molar-refractivity contribution in [2.45, 2.75) is 31.7 Å². The summed E-state index contributed by atoms with van der Waals surface area (Å²) >= 11 is 0. The number of carbonyl (C=O) groups is 2. The van der Waals surface area contributed by atoms with Gasteiger partial charge in [-0.3, -0.25) is 9.59 Å². The first kappa shape index (κ1) is 22.0. The second kappa shape index (κ2) is 9.18.